The van der Waals surface area contributed by atoms with E-state index in [1.165, 1.54) is 39.0 Å². The Morgan fingerprint density at radius 3 is 2.29 bits per heavy atom. The normalized spacial score (nSPS) is 50.2. The second-order valence-corrected chi connectivity index (χ2v) is 6.47. The Labute approximate surface area is 106 Å². The fourth-order valence-electron chi connectivity index (χ4n) is 4.56. The summed E-state index contributed by atoms with van der Waals surface area (Å²) in [4.78, 5) is 5.49. The topological polar surface area (TPSA) is 6.48 Å². The molecule has 1 aliphatic carbocycles. The Kier molecular flexibility index (Phi) is 3.04. The van der Waals surface area contributed by atoms with Crippen LogP contribution in [-0.2, 0) is 0 Å². The lowest BCUT2D eigenvalue weighted by molar-refractivity contribution is 0.00332. The van der Waals surface area contributed by atoms with Crippen molar-refractivity contribution in [1.29, 1.82) is 0 Å². The van der Waals surface area contributed by atoms with Gasteiger partial charge in [-0.05, 0) is 37.5 Å². The number of nitrogens with zero attached hydrogens (tertiary/aromatic N) is 2. The lowest BCUT2D eigenvalue weighted by Crippen LogP contribution is -2.53. The average molecular weight is 234 g/mol. The summed E-state index contributed by atoms with van der Waals surface area (Å²) < 4.78 is 0. The standard InChI is InChI=1S/C15H26N2/c1-11-9-12(2)14(13(3)10-11)15-16-5-4-6-17(15)8-7-16/h9,12-15H,4-8,10H2,1-3H3/t12-,13-,14-/m1/s1. The molecule has 0 saturated carbocycles. The fraction of sp³-hybridized carbons (Fsp3) is 0.867. The van der Waals surface area contributed by atoms with Crippen molar-refractivity contribution in [2.75, 3.05) is 26.2 Å². The summed E-state index contributed by atoms with van der Waals surface area (Å²) in [5, 5.41) is 0. The van der Waals surface area contributed by atoms with Gasteiger partial charge in [-0.1, -0.05) is 25.5 Å². The molecule has 96 valence electrons. The van der Waals surface area contributed by atoms with E-state index in [0.717, 1.165) is 23.9 Å². The van der Waals surface area contributed by atoms with E-state index in [1.54, 1.807) is 5.57 Å². The van der Waals surface area contributed by atoms with E-state index in [1.807, 2.05) is 0 Å². The van der Waals surface area contributed by atoms with Crippen LogP contribution in [0.2, 0.25) is 0 Å². The molecule has 2 saturated heterocycles. The van der Waals surface area contributed by atoms with Crippen LogP contribution in [0.4, 0.5) is 0 Å². The highest BCUT2D eigenvalue weighted by Crippen LogP contribution is 2.40. The fourth-order valence-corrected chi connectivity index (χ4v) is 4.56. The molecule has 2 bridgehead atoms. The lowest BCUT2D eigenvalue weighted by atomic mass is 9.72. The van der Waals surface area contributed by atoms with E-state index in [9.17, 15) is 0 Å². The maximum absolute atomic E-state index is 2.75. The van der Waals surface area contributed by atoms with Crippen LogP contribution >= 0.6 is 0 Å². The van der Waals surface area contributed by atoms with Crippen molar-refractivity contribution in [1.82, 2.24) is 9.80 Å². The van der Waals surface area contributed by atoms with Crippen molar-refractivity contribution in [3.8, 4) is 0 Å². The first-order chi connectivity index (χ1) is 8.16. The summed E-state index contributed by atoms with van der Waals surface area (Å²) in [6.45, 7) is 12.5. The van der Waals surface area contributed by atoms with Gasteiger partial charge >= 0.3 is 0 Å². The Bertz CT molecular complexity index is 307. The molecule has 2 unspecified atom stereocenters. The summed E-state index contributed by atoms with van der Waals surface area (Å²) in [5.41, 5.74) is 1.61. The molecule has 2 heterocycles. The molecule has 3 rings (SSSR count). The van der Waals surface area contributed by atoms with Crippen LogP contribution in [0, 0.1) is 17.8 Å². The van der Waals surface area contributed by atoms with Gasteiger partial charge in [0.05, 0.1) is 6.17 Å². The largest absolute Gasteiger partial charge is 0.286 e. The van der Waals surface area contributed by atoms with Gasteiger partial charge < -0.3 is 0 Å². The Morgan fingerprint density at radius 1 is 1.06 bits per heavy atom. The zero-order valence-corrected chi connectivity index (χ0v) is 11.5. The molecule has 2 aliphatic heterocycles. The number of allylic oxidation sites excluding steroid dienone is 2. The van der Waals surface area contributed by atoms with E-state index in [2.05, 4.69) is 36.6 Å². The van der Waals surface area contributed by atoms with Gasteiger partial charge in [-0.25, -0.2) is 0 Å². The van der Waals surface area contributed by atoms with Gasteiger partial charge in [-0.2, -0.15) is 0 Å². The summed E-state index contributed by atoms with van der Waals surface area (Å²) in [6, 6.07) is 0. The van der Waals surface area contributed by atoms with Crippen LogP contribution in [0.25, 0.3) is 0 Å². The van der Waals surface area contributed by atoms with Crippen LogP contribution in [0.3, 0.4) is 0 Å². The average Bonchev–Trinajstić information content (AvgIpc) is 2.50. The van der Waals surface area contributed by atoms with Crippen LogP contribution < -0.4 is 0 Å². The van der Waals surface area contributed by atoms with Crippen LogP contribution in [0.5, 0.6) is 0 Å². The molecule has 0 spiro atoms. The quantitative estimate of drug-likeness (QED) is 0.643. The number of hydrogen-bond acceptors (Lipinski definition) is 2. The third-order valence-corrected chi connectivity index (χ3v) is 5.11. The van der Waals surface area contributed by atoms with Crippen molar-refractivity contribution >= 4 is 0 Å². The Morgan fingerprint density at radius 2 is 1.71 bits per heavy atom. The van der Waals surface area contributed by atoms with Crippen LogP contribution in [0.15, 0.2) is 11.6 Å². The first-order valence-electron chi connectivity index (χ1n) is 7.32. The zero-order valence-electron chi connectivity index (χ0n) is 11.5. The monoisotopic (exact) mass is 234 g/mol. The third-order valence-electron chi connectivity index (χ3n) is 5.11. The summed E-state index contributed by atoms with van der Waals surface area (Å²) in [5.74, 6) is 2.45. The van der Waals surface area contributed by atoms with Crippen molar-refractivity contribution in [2.24, 2.45) is 17.8 Å². The Hall–Kier alpha value is -0.340. The molecular weight excluding hydrogens is 208 g/mol. The second kappa shape index (κ2) is 4.40. The number of hydrogen-bond donors (Lipinski definition) is 0. The molecule has 5 atom stereocenters. The van der Waals surface area contributed by atoms with Gasteiger partial charge in [0.15, 0.2) is 0 Å². The van der Waals surface area contributed by atoms with Crippen molar-refractivity contribution < 1.29 is 0 Å². The van der Waals surface area contributed by atoms with Crippen molar-refractivity contribution in [3.05, 3.63) is 11.6 Å². The van der Waals surface area contributed by atoms with Gasteiger partial charge in [0.25, 0.3) is 0 Å². The van der Waals surface area contributed by atoms with Gasteiger partial charge in [-0.15, -0.1) is 0 Å². The van der Waals surface area contributed by atoms with Gasteiger partial charge in [-0.3, -0.25) is 9.80 Å². The predicted octanol–water partition coefficient (Wildman–Crippen LogP) is 2.57. The SMILES string of the molecule is CC1=C[C@@H](C)[C@@H](C2N3CCCN2CC3)[C@H](C)C1. The molecule has 0 aromatic carbocycles. The summed E-state index contributed by atoms with van der Waals surface area (Å²) >= 11 is 0. The molecular formula is C15H26N2. The highest BCUT2D eigenvalue weighted by Gasteiger charge is 2.44. The minimum Gasteiger partial charge on any atom is -0.286 e. The van der Waals surface area contributed by atoms with Gasteiger partial charge in [0.1, 0.15) is 0 Å². The summed E-state index contributed by atoms with van der Waals surface area (Å²) in [6.07, 6.45) is 5.97. The zero-order chi connectivity index (χ0) is 12.0. The van der Waals surface area contributed by atoms with Crippen LogP contribution in [-0.4, -0.2) is 42.1 Å². The molecule has 2 heteroatoms. The van der Waals surface area contributed by atoms with E-state index in [-0.39, 0.29) is 0 Å². The number of fused-ring (bicyclic) bond motifs is 2. The predicted molar refractivity (Wildman–Crippen MR) is 71.7 cm³/mol. The molecule has 0 radical (unpaired) electrons. The molecule has 0 aromatic rings. The highest BCUT2D eigenvalue weighted by molar-refractivity contribution is 5.11. The molecule has 3 aliphatic rings. The lowest BCUT2D eigenvalue weighted by Gasteiger charge is -2.46. The minimum atomic E-state index is 0.748. The van der Waals surface area contributed by atoms with Crippen molar-refractivity contribution in [3.63, 3.8) is 0 Å². The summed E-state index contributed by atoms with van der Waals surface area (Å²) in [7, 11) is 0. The maximum atomic E-state index is 2.75. The first kappa shape index (κ1) is 11.7. The molecule has 0 amide bonds. The Balaban J connectivity index is 1.84. The smallest absolute Gasteiger partial charge is 0.0660 e. The van der Waals surface area contributed by atoms with E-state index in [0.29, 0.717) is 0 Å². The van der Waals surface area contributed by atoms with Gasteiger partial charge in [0, 0.05) is 26.2 Å². The number of rotatable bonds is 1. The maximum Gasteiger partial charge on any atom is 0.0660 e. The third kappa shape index (κ3) is 1.96. The second-order valence-electron chi connectivity index (χ2n) is 6.47. The minimum absolute atomic E-state index is 0.748. The molecule has 17 heavy (non-hydrogen) atoms. The molecule has 0 N–H and O–H groups in total. The molecule has 2 nitrogen and oxygen atoms in total. The molecule has 2 fully saturated rings. The van der Waals surface area contributed by atoms with Gasteiger partial charge in [0.2, 0.25) is 0 Å². The highest BCUT2D eigenvalue weighted by atomic mass is 15.4. The van der Waals surface area contributed by atoms with E-state index < -0.39 is 0 Å². The molecule has 0 aromatic heterocycles. The first-order valence-corrected chi connectivity index (χ1v) is 7.32. The van der Waals surface area contributed by atoms with Crippen LogP contribution in [0.1, 0.15) is 33.6 Å². The van der Waals surface area contributed by atoms with E-state index in [4.69, 9.17) is 0 Å². The van der Waals surface area contributed by atoms with E-state index >= 15 is 0 Å². The van der Waals surface area contributed by atoms with Crippen molar-refractivity contribution in [2.45, 2.75) is 39.8 Å².